The first-order valence-corrected chi connectivity index (χ1v) is 4.99. The van der Waals surface area contributed by atoms with Gasteiger partial charge in [0.05, 0.1) is 6.54 Å². The highest BCUT2D eigenvalue weighted by atomic mass is 19.1. The lowest BCUT2D eigenvalue weighted by Gasteiger charge is -2.09. The first-order chi connectivity index (χ1) is 8.17. The maximum absolute atomic E-state index is 12.9. The first-order valence-electron chi connectivity index (χ1n) is 4.99. The Morgan fingerprint density at radius 1 is 1.59 bits per heavy atom. The lowest BCUT2D eigenvalue weighted by molar-refractivity contribution is -0.122. The van der Waals surface area contributed by atoms with Crippen LogP contribution in [0.15, 0.2) is 18.2 Å². The van der Waals surface area contributed by atoms with Gasteiger partial charge in [0.1, 0.15) is 11.6 Å². The highest BCUT2D eigenvalue weighted by Gasteiger charge is 2.06. The number of benzene rings is 1. The van der Waals surface area contributed by atoms with Crippen LogP contribution in [0.1, 0.15) is 5.56 Å². The minimum absolute atomic E-state index is 0.138. The van der Waals surface area contributed by atoms with Crippen LogP contribution in [0.25, 0.3) is 0 Å². The molecule has 90 valence electrons. The predicted molar refractivity (Wildman–Crippen MR) is 61.6 cm³/mol. The lowest BCUT2D eigenvalue weighted by atomic mass is 10.2. The number of halogens is 1. The molecule has 0 spiro atoms. The summed E-state index contributed by atoms with van der Waals surface area (Å²) in [5.74, 6) is 1.93. The van der Waals surface area contributed by atoms with Crippen LogP contribution in [-0.2, 0) is 11.3 Å². The molecule has 1 aromatic rings. The van der Waals surface area contributed by atoms with E-state index in [4.69, 9.17) is 16.9 Å². The van der Waals surface area contributed by atoms with Crippen molar-refractivity contribution in [3.63, 3.8) is 0 Å². The van der Waals surface area contributed by atoms with Crippen LogP contribution < -0.4 is 15.8 Å². The summed E-state index contributed by atoms with van der Waals surface area (Å²) in [5, 5.41) is 2.45. The average molecular weight is 236 g/mol. The molecule has 0 fully saturated rings. The Labute approximate surface area is 99.0 Å². The maximum Gasteiger partial charge on any atom is 0.258 e. The Balaban J connectivity index is 2.57. The third kappa shape index (κ3) is 4.13. The smallest absolute Gasteiger partial charge is 0.258 e. The van der Waals surface area contributed by atoms with Gasteiger partial charge in [0, 0.05) is 12.1 Å². The fourth-order valence-electron chi connectivity index (χ4n) is 1.19. The molecule has 0 unspecified atom stereocenters. The average Bonchev–Trinajstić information content (AvgIpc) is 2.34. The van der Waals surface area contributed by atoms with Crippen molar-refractivity contribution in [2.45, 2.75) is 6.54 Å². The van der Waals surface area contributed by atoms with E-state index in [0.717, 1.165) is 0 Å². The Kier molecular flexibility index (Phi) is 4.98. The summed E-state index contributed by atoms with van der Waals surface area (Å²) < 4.78 is 18.1. The second kappa shape index (κ2) is 6.51. The standard InChI is InChI=1S/C12H13FN2O2/c1-2-5-15-12(16)8-17-11-4-3-10(13)6-9(11)7-14/h1,3-4,6H,5,7-8,14H2,(H,15,16). The number of hydrogen-bond donors (Lipinski definition) is 2. The topological polar surface area (TPSA) is 64.3 Å². The Morgan fingerprint density at radius 3 is 3.00 bits per heavy atom. The number of ether oxygens (including phenoxy) is 1. The molecular formula is C12H13FN2O2. The number of amides is 1. The molecule has 5 heteroatoms. The van der Waals surface area contributed by atoms with Crippen LogP contribution >= 0.6 is 0 Å². The first kappa shape index (κ1) is 13.0. The van der Waals surface area contributed by atoms with Crippen molar-refractivity contribution in [1.29, 1.82) is 0 Å². The molecule has 1 rings (SSSR count). The zero-order valence-electron chi connectivity index (χ0n) is 9.20. The van der Waals surface area contributed by atoms with Crippen LogP contribution in [0, 0.1) is 18.2 Å². The van der Waals surface area contributed by atoms with E-state index in [0.29, 0.717) is 11.3 Å². The fraction of sp³-hybridized carbons (Fsp3) is 0.250. The highest BCUT2D eigenvalue weighted by Crippen LogP contribution is 2.18. The van der Waals surface area contributed by atoms with Gasteiger partial charge in [-0.1, -0.05) is 5.92 Å². The minimum Gasteiger partial charge on any atom is -0.483 e. The zero-order valence-corrected chi connectivity index (χ0v) is 9.20. The van der Waals surface area contributed by atoms with Gasteiger partial charge in [-0.2, -0.15) is 0 Å². The van der Waals surface area contributed by atoms with Crippen LogP contribution in [0.2, 0.25) is 0 Å². The van der Waals surface area contributed by atoms with E-state index in [1.54, 1.807) is 0 Å². The molecule has 3 N–H and O–H groups in total. The van der Waals surface area contributed by atoms with Crippen molar-refractivity contribution < 1.29 is 13.9 Å². The molecule has 1 aromatic carbocycles. The SMILES string of the molecule is C#CCNC(=O)COc1ccc(F)cc1CN. The molecule has 0 aliphatic carbocycles. The molecule has 0 heterocycles. The molecule has 0 bridgehead atoms. The van der Waals surface area contributed by atoms with E-state index in [1.165, 1.54) is 18.2 Å². The number of carbonyl (C=O) groups excluding carboxylic acids is 1. The molecule has 4 nitrogen and oxygen atoms in total. The van der Waals surface area contributed by atoms with E-state index in [1.807, 2.05) is 0 Å². The largest absolute Gasteiger partial charge is 0.483 e. The summed E-state index contributed by atoms with van der Waals surface area (Å²) in [6.07, 6.45) is 4.98. The van der Waals surface area contributed by atoms with Gasteiger partial charge in [0.15, 0.2) is 6.61 Å². The fourth-order valence-corrected chi connectivity index (χ4v) is 1.19. The molecule has 17 heavy (non-hydrogen) atoms. The van der Waals surface area contributed by atoms with Crippen molar-refractivity contribution in [3.8, 4) is 18.1 Å². The van der Waals surface area contributed by atoms with Gasteiger partial charge in [-0.15, -0.1) is 6.42 Å². The van der Waals surface area contributed by atoms with Crippen molar-refractivity contribution in [2.24, 2.45) is 5.73 Å². The van der Waals surface area contributed by atoms with Gasteiger partial charge in [0.25, 0.3) is 5.91 Å². The van der Waals surface area contributed by atoms with Crippen molar-refractivity contribution in [1.82, 2.24) is 5.32 Å². The van der Waals surface area contributed by atoms with Gasteiger partial charge >= 0.3 is 0 Å². The van der Waals surface area contributed by atoms with Crippen LogP contribution in [0.5, 0.6) is 5.75 Å². The molecule has 0 aliphatic rings. The van der Waals surface area contributed by atoms with E-state index >= 15 is 0 Å². The zero-order chi connectivity index (χ0) is 12.7. The second-order valence-electron chi connectivity index (χ2n) is 3.23. The number of terminal acetylenes is 1. The van der Waals surface area contributed by atoms with Crippen molar-refractivity contribution in [2.75, 3.05) is 13.2 Å². The monoisotopic (exact) mass is 236 g/mol. The van der Waals surface area contributed by atoms with Crippen LogP contribution in [0.3, 0.4) is 0 Å². The number of carbonyl (C=O) groups is 1. The Bertz CT molecular complexity index is 441. The molecule has 0 aromatic heterocycles. The van der Waals surface area contributed by atoms with Gasteiger partial charge in [-0.25, -0.2) is 4.39 Å². The molecular weight excluding hydrogens is 223 g/mol. The van der Waals surface area contributed by atoms with E-state index in [-0.39, 0.29) is 25.6 Å². The highest BCUT2D eigenvalue weighted by molar-refractivity contribution is 5.77. The number of rotatable bonds is 5. The number of nitrogens with two attached hydrogens (primary N) is 1. The van der Waals surface area contributed by atoms with E-state index in [9.17, 15) is 9.18 Å². The maximum atomic E-state index is 12.9. The predicted octanol–water partition coefficient (Wildman–Crippen LogP) is 0.413. The Hall–Kier alpha value is -2.06. The molecule has 0 saturated carbocycles. The van der Waals surface area contributed by atoms with Crippen LogP contribution in [-0.4, -0.2) is 19.1 Å². The summed E-state index contributed by atoms with van der Waals surface area (Å²) >= 11 is 0. The summed E-state index contributed by atoms with van der Waals surface area (Å²) in [7, 11) is 0. The third-order valence-electron chi connectivity index (χ3n) is 1.99. The normalized spacial score (nSPS) is 9.47. The summed E-state index contributed by atoms with van der Waals surface area (Å²) in [5.41, 5.74) is 5.94. The molecule has 0 radical (unpaired) electrons. The Morgan fingerprint density at radius 2 is 2.35 bits per heavy atom. The molecule has 0 atom stereocenters. The number of hydrogen-bond acceptors (Lipinski definition) is 3. The summed E-state index contributed by atoms with van der Waals surface area (Å²) in [6.45, 7) is 0.106. The van der Waals surface area contributed by atoms with E-state index < -0.39 is 5.82 Å². The lowest BCUT2D eigenvalue weighted by Crippen LogP contribution is -2.29. The third-order valence-corrected chi connectivity index (χ3v) is 1.99. The van der Waals surface area contributed by atoms with Crippen LogP contribution in [0.4, 0.5) is 4.39 Å². The number of nitrogens with one attached hydrogen (secondary N) is 1. The van der Waals surface area contributed by atoms with E-state index in [2.05, 4.69) is 11.2 Å². The summed E-state index contributed by atoms with van der Waals surface area (Å²) in [6, 6.07) is 3.95. The molecule has 0 aliphatic heterocycles. The van der Waals surface area contributed by atoms with Crippen molar-refractivity contribution in [3.05, 3.63) is 29.6 Å². The van der Waals surface area contributed by atoms with Gasteiger partial charge in [-0.05, 0) is 18.2 Å². The molecule has 1 amide bonds. The molecule has 0 saturated heterocycles. The quantitative estimate of drug-likeness (QED) is 0.728. The van der Waals surface area contributed by atoms with Crippen molar-refractivity contribution >= 4 is 5.91 Å². The second-order valence-corrected chi connectivity index (χ2v) is 3.23. The minimum atomic E-state index is -0.394. The van der Waals surface area contributed by atoms with Gasteiger partial charge < -0.3 is 15.8 Å². The van der Waals surface area contributed by atoms with Gasteiger partial charge in [0.2, 0.25) is 0 Å². The summed E-state index contributed by atoms with van der Waals surface area (Å²) in [4.78, 5) is 11.2. The van der Waals surface area contributed by atoms with Gasteiger partial charge in [-0.3, -0.25) is 4.79 Å².